The Morgan fingerprint density at radius 3 is 2.46 bits per heavy atom. The maximum absolute atomic E-state index is 12.3. The molecule has 24 heavy (non-hydrogen) atoms. The number of hydrogen-bond donors (Lipinski definition) is 1. The van der Waals surface area contributed by atoms with Crippen LogP contribution in [0.3, 0.4) is 0 Å². The first-order valence-electron chi connectivity index (χ1n) is 8.86. The second-order valence-corrected chi connectivity index (χ2v) is 6.28. The number of fused-ring (bicyclic) bond motifs is 1. The van der Waals surface area contributed by atoms with Crippen LogP contribution in [0.5, 0.6) is 5.75 Å². The van der Waals surface area contributed by atoms with E-state index in [1.165, 1.54) is 28.7 Å². The van der Waals surface area contributed by atoms with Crippen molar-refractivity contribution < 1.29 is 9.53 Å². The zero-order valence-corrected chi connectivity index (χ0v) is 14.5. The zero-order valence-electron chi connectivity index (χ0n) is 14.5. The van der Waals surface area contributed by atoms with Crippen molar-refractivity contribution in [2.75, 3.05) is 11.9 Å². The van der Waals surface area contributed by atoms with Gasteiger partial charge in [0.15, 0.2) is 6.61 Å². The lowest BCUT2D eigenvalue weighted by Gasteiger charge is -2.15. The summed E-state index contributed by atoms with van der Waals surface area (Å²) < 4.78 is 5.70. The highest BCUT2D eigenvalue weighted by atomic mass is 16.5. The van der Waals surface area contributed by atoms with Gasteiger partial charge in [-0.05, 0) is 66.5 Å². The van der Waals surface area contributed by atoms with Gasteiger partial charge in [0.2, 0.25) is 0 Å². The number of carbonyl (C=O) groups is 1. The Balaban J connectivity index is 1.64. The van der Waals surface area contributed by atoms with Gasteiger partial charge in [0.1, 0.15) is 5.75 Å². The van der Waals surface area contributed by atoms with Crippen LogP contribution in [-0.4, -0.2) is 12.5 Å². The number of carbonyl (C=O) groups excluding carboxylic acids is 1. The highest BCUT2D eigenvalue weighted by Gasteiger charge is 2.13. The Kier molecular flexibility index (Phi) is 5.19. The molecular formula is C21H25NO2. The Labute approximate surface area is 144 Å². The number of benzene rings is 2. The molecule has 0 bridgehead atoms. The molecular weight excluding hydrogens is 298 g/mol. The van der Waals surface area contributed by atoms with Crippen LogP contribution in [0.1, 0.15) is 42.5 Å². The van der Waals surface area contributed by atoms with E-state index in [0.717, 1.165) is 37.1 Å². The molecule has 0 saturated heterocycles. The van der Waals surface area contributed by atoms with E-state index >= 15 is 0 Å². The molecule has 0 fully saturated rings. The van der Waals surface area contributed by atoms with Crippen LogP contribution in [0, 0.1) is 0 Å². The van der Waals surface area contributed by atoms with E-state index in [9.17, 15) is 4.79 Å². The third kappa shape index (κ3) is 3.61. The summed E-state index contributed by atoms with van der Waals surface area (Å²) in [5.74, 6) is 0.677. The lowest BCUT2D eigenvalue weighted by Crippen LogP contribution is -2.21. The van der Waals surface area contributed by atoms with E-state index in [1.807, 2.05) is 12.1 Å². The second-order valence-electron chi connectivity index (χ2n) is 6.28. The predicted molar refractivity (Wildman–Crippen MR) is 97.8 cm³/mol. The van der Waals surface area contributed by atoms with Gasteiger partial charge in [0.25, 0.3) is 5.91 Å². The molecule has 0 heterocycles. The van der Waals surface area contributed by atoms with Gasteiger partial charge in [-0.3, -0.25) is 4.79 Å². The SMILES string of the molecule is CCc1cccc(CC)c1NC(=O)COc1ccc2c(c1)CCC2. The molecule has 2 aromatic rings. The fraction of sp³-hybridized carbons (Fsp3) is 0.381. The summed E-state index contributed by atoms with van der Waals surface area (Å²) in [6.07, 6.45) is 5.28. The van der Waals surface area contributed by atoms with Crippen LogP contribution in [0.25, 0.3) is 0 Å². The van der Waals surface area contributed by atoms with Gasteiger partial charge in [0, 0.05) is 5.69 Å². The first kappa shape index (κ1) is 16.6. The lowest BCUT2D eigenvalue weighted by atomic mass is 10.0. The van der Waals surface area contributed by atoms with E-state index in [0.29, 0.717) is 0 Å². The first-order chi connectivity index (χ1) is 11.7. The van der Waals surface area contributed by atoms with E-state index in [-0.39, 0.29) is 12.5 Å². The van der Waals surface area contributed by atoms with E-state index in [2.05, 4.69) is 43.4 Å². The molecule has 3 heteroatoms. The fourth-order valence-corrected chi connectivity index (χ4v) is 3.37. The Morgan fingerprint density at radius 2 is 1.75 bits per heavy atom. The van der Waals surface area contributed by atoms with Gasteiger partial charge >= 0.3 is 0 Å². The minimum atomic E-state index is -0.105. The monoisotopic (exact) mass is 323 g/mol. The molecule has 126 valence electrons. The Hall–Kier alpha value is -2.29. The standard InChI is InChI=1S/C21H25NO2/c1-3-15-7-5-8-16(4-2)21(15)22-20(23)14-24-19-12-11-17-9-6-10-18(17)13-19/h5,7-8,11-13H,3-4,6,9-10,14H2,1-2H3,(H,22,23). The smallest absolute Gasteiger partial charge is 0.262 e. The fourth-order valence-electron chi connectivity index (χ4n) is 3.37. The maximum Gasteiger partial charge on any atom is 0.262 e. The molecule has 2 aromatic carbocycles. The average molecular weight is 323 g/mol. The molecule has 1 N–H and O–H groups in total. The van der Waals surface area contributed by atoms with Crippen molar-refractivity contribution in [3.63, 3.8) is 0 Å². The number of rotatable bonds is 6. The quantitative estimate of drug-likeness (QED) is 0.860. The molecule has 0 aromatic heterocycles. The summed E-state index contributed by atoms with van der Waals surface area (Å²) in [7, 11) is 0. The van der Waals surface area contributed by atoms with Gasteiger partial charge in [-0.2, -0.15) is 0 Å². The molecule has 1 amide bonds. The number of amides is 1. The van der Waals surface area contributed by atoms with Crippen LogP contribution in [0.2, 0.25) is 0 Å². The molecule has 0 atom stereocenters. The van der Waals surface area contributed by atoms with Gasteiger partial charge in [-0.1, -0.05) is 38.1 Å². The third-order valence-electron chi connectivity index (χ3n) is 4.70. The number of anilines is 1. The van der Waals surface area contributed by atoms with Gasteiger partial charge in [-0.25, -0.2) is 0 Å². The van der Waals surface area contributed by atoms with Crippen molar-refractivity contribution in [1.82, 2.24) is 0 Å². The number of para-hydroxylation sites is 1. The number of hydrogen-bond acceptors (Lipinski definition) is 2. The van der Waals surface area contributed by atoms with Crippen LogP contribution < -0.4 is 10.1 Å². The molecule has 0 unspecified atom stereocenters. The molecule has 0 aliphatic heterocycles. The summed E-state index contributed by atoms with van der Waals surface area (Å²) in [4.78, 5) is 12.3. The number of nitrogens with one attached hydrogen (secondary N) is 1. The van der Waals surface area contributed by atoms with Crippen molar-refractivity contribution in [2.24, 2.45) is 0 Å². The van der Waals surface area contributed by atoms with E-state index < -0.39 is 0 Å². The number of ether oxygens (including phenoxy) is 1. The summed E-state index contributed by atoms with van der Waals surface area (Å²) >= 11 is 0. The van der Waals surface area contributed by atoms with Gasteiger partial charge < -0.3 is 10.1 Å². The first-order valence-corrected chi connectivity index (χ1v) is 8.86. The lowest BCUT2D eigenvalue weighted by molar-refractivity contribution is -0.118. The van der Waals surface area contributed by atoms with Crippen molar-refractivity contribution in [2.45, 2.75) is 46.0 Å². The van der Waals surface area contributed by atoms with Crippen molar-refractivity contribution >= 4 is 11.6 Å². The van der Waals surface area contributed by atoms with Crippen LogP contribution in [0.15, 0.2) is 36.4 Å². The summed E-state index contributed by atoms with van der Waals surface area (Å²) in [5.41, 5.74) is 6.05. The van der Waals surface area contributed by atoms with Crippen LogP contribution in [-0.2, 0) is 30.5 Å². The van der Waals surface area contributed by atoms with E-state index in [1.54, 1.807) is 0 Å². The van der Waals surface area contributed by atoms with Crippen molar-refractivity contribution in [1.29, 1.82) is 0 Å². The summed E-state index contributed by atoms with van der Waals surface area (Å²) in [6, 6.07) is 12.3. The van der Waals surface area contributed by atoms with Crippen molar-refractivity contribution in [3.05, 3.63) is 58.7 Å². The molecule has 1 aliphatic carbocycles. The van der Waals surface area contributed by atoms with Crippen LogP contribution >= 0.6 is 0 Å². The molecule has 3 nitrogen and oxygen atoms in total. The number of aryl methyl sites for hydroxylation is 4. The Morgan fingerprint density at radius 1 is 1.04 bits per heavy atom. The molecule has 0 saturated carbocycles. The molecule has 3 rings (SSSR count). The van der Waals surface area contributed by atoms with Gasteiger partial charge in [-0.15, -0.1) is 0 Å². The predicted octanol–water partition coefficient (Wildman–Crippen LogP) is 4.32. The Bertz CT molecular complexity index is 714. The third-order valence-corrected chi connectivity index (χ3v) is 4.70. The maximum atomic E-state index is 12.3. The molecule has 0 spiro atoms. The normalized spacial score (nSPS) is 12.8. The molecule has 0 radical (unpaired) electrons. The van der Waals surface area contributed by atoms with Crippen molar-refractivity contribution in [3.8, 4) is 5.75 Å². The second kappa shape index (κ2) is 7.52. The summed E-state index contributed by atoms with van der Waals surface area (Å²) in [6.45, 7) is 4.25. The highest BCUT2D eigenvalue weighted by molar-refractivity contribution is 5.93. The minimum absolute atomic E-state index is 0.0417. The minimum Gasteiger partial charge on any atom is -0.484 e. The topological polar surface area (TPSA) is 38.3 Å². The van der Waals surface area contributed by atoms with Crippen LogP contribution in [0.4, 0.5) is 5.69 Å². The average Bonchev–Trinajstić information content (AvgIpc) is 3.07. The largest absolute Gasteiger partial charge is 0.484 e. The van der Waals surface area contributed by atoms with Gasteiger partial charge in [0.05, 0.1) is 0 Å². The molecule has 1 aliphatic rings. The van der Waals surface area contributed by atoms with E-state index in [4.69, 9.17) is 4.74 Å². The highest BCUT2D eigenvalue weighted by Crippen LogP contribution is 2.26. The summed E-state index contributed by atoms with van der Waals surface area (Å²) in [5, 5.41) is 3.04. The zero-order chi connectivity index (χ0) is 16.9.